The Morgan fingerprint density at radius 1 is 0.897 bits per heavy atom. The Hall–Kier alpha value is -3.47. The molecule has 5 rings (SSSR count). The quantitative estimate of drug-likeness (QED) is 0.637. The maximum absolute atomic E-state index is 13.4. The molecule has 0 spiro atoms. The molecule has 1 aromatic heterocycles. The van der Waals surface area contributed by atoms with Gasteiger partial charge in [0.05, 0.1) is 17.4 Å². The Labute approximate surface area is 168 Å². The molecule has 1 aliphatic heterocycles. The number of hydrogen-bond acceptors (Lipinski definition) is 4. The molecule has 2 N–H and O–H groups in total. The molecule has 0 unspecified atom stereocenters. The Balaban J connectivity index is 1.60. The molecule has 0 amide bonds. The van der Waals surface area contributed by atoms with Crippen LogP contribution in [0.25, 0.3) is 0 Å². The summed E-state index contributed by atoms with van der Waals surface area (Å²) in [5.74, 6) is -0.144. The molecule has 3 aromatic rings. The minimum atomic E-state index is -0.267. The fourth-order valence-electron chi connectivity index (χ4n) is 4.26. The third kappa shape index (κ3) is 3.29. The lowest BCUT2D eigenvalue weighted by atomic mass is 9.79. The molecule has 2 atom stereocenters. The number of ketones is 1. The van der Waals surface area contributed by atoms with E-state index in [0.29, 0.717) is 12.8 Å². The fraction of sp³-hybridized carbons (Fsp3) is 0.167. The third-order valence-corrected chi connectivity index (χ3v) is 5.67. The lowest BCUT2D eigenvalue weighted by molar-refractivity contribution is -0.116. The number of pyridine rings is 1. The molecular formula is C24H20FN3O. The van der Waals surface area contributed by atoms with Crippen LogP contribution in [0.4, 0.5) is 15.8 Å². The predicted octanol–water partition coefficient (Wildman–Crippen LogP) is 5.20. The average molecular weight is 385 g/mol. The van der Waals surface area contributed by atoms with Crippen LogP contribution < -0.4 is 10.6 Å². The largest absolute Gasteiger partial charge is 0.372 e. The fourth-order valence-corrected chi connectivity index (χ4v) is 4.26. The highest BCUT2D eigenvalue weighted by atomic mass is 19.1. The number of para-hydroxylation sites is 2. The van der Waals surface area contributed by atoms with Gasteiger partial charge in [0.2, 0.25) is 0 Å². The lowest BCUT2D eigenvalue weighted by Gasteiger charge is -2.29. The van der Waals surface area contributed by atoms with Crippen molar-refractivity contribution in [2.24, 2.45) is 0 Å². The maximum Gasteiger partial charge on any atom is 0.163 e. The van der Waals surface area contributed by atoms with Gasteiger partial charge >= 0.3 is 0 Å². The summed E-state index contributed by atoms with van der Waals surface area (Å²) in [7, 11) is 0. The summed E-state index contributed by atoms with van der Waals surface area (Å²) < 4.78 is 13.4. The Morgan fingerprint density at radius 2 is 1.69 bits per heavy atom. The number of rotatable bonds is 2. The highest BCUT2D eigenvalue weighted by molar-refractivity contribution is 6.01. The molecular weight excluding hydrogens is 365 g/mol. The molecule has 0 bridgehead atoms. The van der Waals surface area contributed by atoms with E-state index in [-0.39, 0.29) is 23.6 Å². The SMILES string of the molecule is O=C1C[C@H](c2ccc(F)cc2)CC2=C1[C@@H](c1cccnc1)Nc1ccccc1N2. The van der Waals surface area contributed by atoms with Gasteiger partial charge in [0.15, 0.2) is 5.78 Å². The maximum atomic E-state index is 13.4. The molecule has 2 aromatic carbocycles. The number of anilines is 2. The number of aromatic nitrogens is 1. The van der Waals surface area contributed by atoms with E-state index < -0.39 is 0 Å². The molecule has 0 radical (unpaired) electrons. The summed E-state index contributed by atoms with van der Waals surface area (Å²) in [6, 6.07) is 18.0. The van der Waals surface area contributed by atoms with Crippen LogP contribution in [0.1, 0.15) is 35.9 Å². The number of benzene rings is 2. The van der Waals surface area contributed by atoms with E-state index in [1.54, 1.807) is 24.5 Å². The van der Waals surface area contributed by atoms with E-state index in [2.05, 4.69) is 15.6 Å². The van der Waals surface area contributed by atoms with E-state index >= 15 is 0 Å². The first-order chi connectivity index (χ1) is 14.2. The van der Waals surface area contributed by atoms with Gasteiger partial charge in [-0.15, -0.1) is 0 Å². The molecule has 5 heteroatoms. The van der Waals surface area contributed by atoms with Crippen molar-refractivity contribution >= 4 is 17.2 Å². The number of nitrogens with one attached hydrogen (secondary N) is 2. The number of halogens is 1. The lowest BCUT2D eigenvalue weighted by Crippen LogP contribution is -2.26. The van der Waals surface area contributed by atoms with Crippen molar-refractivity contribution in [1.29, 1.82) is 0 Å². The van der Waals surface area contributed by atoms with Gasteiger partial charge in [0, 0.05) is 30.1 Å². The zero-order valence-corrected chi connectivity index (χ0v) is 15.7. The normalized spacial score (nSPS) is 20.8. The number of nitrogens with zero attached hydrogens (tertiary/aromatic N) is 1. The molecule has 0 saturated carbocycles. The molecule has 0 saturated heterocycles. The summed E-state index contributed by atoms with van der Waals surface area (Å²) in [4.78, 5) is 17.6. The monoisotopic (exact) mass is 385 g/mol. The minimum Gasteiger partial charge on any atom is -0.372 e. The van der Waals surface area contributed by atoms with Crippen molar-refractivity contribution in [1.82, 2.24) is 4.98 Å². The molecule has 2 heterocycles. The van der Waals surface area contributed by atoms with Crippen molar-refractivity contribution in [2.45, 2.75) is 24.8 Å². The second-order valence-electron chi connectivity index (χ2n) is 7.51. The van der Waals surface area contributed by atoms with E-state index in [0.717, 1.165) is 33.8 Å². The highest BCUT2D eigenvalue weighted by Crippen LogP contribution is 2.43. The van der Waals surface area contributed by atoms with Gasteiger partial charge in [0.1, 0.15) is 5.82 Å². The first kappa shape index (κ1) is 17.6. The van der Waals surface area contributed by atoms with Gasteiger partial charge in [-0.05, 0) is 53.8 Å². The topological polar surface area (TPSA) is 54.0 Å². The zero-order chi connectivity index (χ0) is 19.8. The summed E-state index contributed by atoms with van der Waals surface area (Å²) >= 11 is 0. The Morgan fingerprint density at radius 3 is 2.45 bits per heavy atom. The summed E-state index contributed by atoms with van der Waals surface area (Å²) in [6.45, 7) is 0. The molecule has 2 aliphatic rings. The highest BCUT2D eigenvalue weighted by Gasteiger charge is 2.36. The van der Waals surface area contributed by atoms with E-state index in [4.69, 9.17) is 0 Å². The molecule has 144 valence electrons. The average Bonchev–Trinajstić information content (AvgIpc) is 2.92. The van der Waals surface area contributed by atoms with Crippen molar-refractivity contribution in [3.05, 3.63) is 101 Å². The molecule has 1 aliphatic carbocycles. The van der Waals surface area contributed by atoms with E-state index in [1.807, 2.05) is 36.4 Å². The second-order valence-corrected chi connectivity index (χ2v) is 7.51. The van der Waals surface area contributed by atoms with E-state index in [1.165, 1.54) is 12.1 Å². The Kier molecular flexibility index (Phi) is 4.35. The Bertz CT molecular complexity index is 1090. The zero-order valence-electron chi connectivity index (χ0n) is 15.7. The second kappa shape index (κ2) is 7.17. The van der Waals surface area contributed by atoms with Gasteiger partial charge in [-0.1, -0.05) is 30.3 Å². The van der Waals surface area contributed by atoms with Crippen LogP contribution >= 0.6 is 0 Å². The van der Waals surface area contributed by atoms with Gasteiger partial charge in [-0.3, -0.25) is 9.78 Å². The molecule has 29 heavy (non-hydrogen) atoms. The number of Topliss-reactive ketones (excluding diaryl/α,β-unsaturated/α-hetero) is 1. The summed E-state index contributed by atoms with van der Waals surface area (Å²) in [6.07, 6.45) is 4.63. The van der Waals surface area contributed by atoms with Gasteiger partial charge in [0.25, 0.3) is 0 Å². The van der Waals surface area contributed by atoms with Crippen molar-refractivity contribution in [3.8, 4) is 0 Å². The predicted molar refractivity (Wildman–Crippen MR) is 111 cm³/mol. The van der Waals surface area contributed by atoms with Crippen LogP contribution in [0.15, 0.2) is 84.3 Å². The number of allylic oxidation sites excluding steroid dienone is 1. The first-order valence-electron chi connectivity index (χ1n) is 9.73. The third-order valence-electron chi connectivity index (χ3n) is 5.67. The summed E-state index contributed by atoms with van der Waals surface area (Å²) in [5, 5.41) is 7.04. The number of fused-ring (bicyclic) bond motifs is 1. The number of hydrogen-bond donors (Lipinski definition) is 2. The van der Waals surface area contributed by atoms with Crippen molar-refractivity contribution in [2.75, 3.05) is 10.6 Å². The van der Waals surface area contributed by atoms with Gasteiger partial charge in [-0.2, -0.15) is 0 Å². The van der Waals surface area contributed by atoms with Crippen LogP contribution in [-0.2, 0) is 4.79 Å². The van der Waals surface area contributed by atoms with Crippen LogP contribution in [0.2, 0.25) is 0 Å². The van der Waals surface area contributed by atoms with Crippen LogP contribution in [0.3, 0.4) is 0 Å². The van der Waals surface area contributed by atoms with Crippen LogP contribution in [0, 0.1) is 5.82 Å². The number of carbonyl (C=O) groups is 1. The standard InChI is InChI=1S/C24H20FN3O/c25-18-9-7-15(8-10-18)17-12-21-23(22(29)13-17)24(16-4-3-11-26-14-16)28-20-6-2-1-5-19(20)27-21/h1-11,14,17,24,27-28H,12-13H2/t17-,24-/m1/s1. The van der Waals surface area contributed by atoms with Gasteiger partial charge < -0.3 is 10.6 Å². The van der Waals surface area contributed by atoms with Crippen molar-refractivity contribution < 1.29 is 9.18 Å². The number of carbonyl (C=O) groups excluding carboxylic acids is 1. The smallest absolute Gasteiger partial charge is 0.163 e. The van der Waals surface area contributed by atoms with Crippen LogP contribution in [0.5, 0.6) is 0 Å². The van der Waals surface area contributed by atoms with Gasteiger partial charge in [-0.25, -0.2) is 4.39 Å². The minimum absolute atomic E-state index is 0.0224. The summed E-state index contributed by atoms with van der Waals surface area (Å²) in [5.41, 5.74) is 5.50. The van der Waals surface area contributed by atoms with Crippen LogP contribution in [-0.4, -0.2) is 10.8 Å². The molecule has 4 nitrogen and oxygen atoms in total. The van der Waals surface area contributed by atoms with E-state index in [9.17, 15) is 9.18 Å². The molecule has 0 fully saturated rings. The van der Waals surface area contributed by atoms with Crippen molar-refractivity contribution in [3.63, 3.8) is 0 Å². The first-order valence-corrected chi connectivity index (χ1v) is 9.73.